The van der Waals surface area contributed by atoms with Gasteiger partial charge in [0.2, 0.25) is 0 Å². The number of nitrogens with zero attached hydrogens (tertiary/aromatic N) is 2. The van der Waals surface area contributed by atoms with Crippen molar-refractivity contribution in [1.29, 1.82) is 0 Å². The molecule has 2 aromatic carbocycles. The van der Waals surface area contributed by atoms with Crippen LogP contribution in [0.15, 0.2) is 67.4 Å². The SMILES string of the molecule is Cc1ccc2[nH]cc(CCC(=O)OCc3ccc(-n4ccnc4)cc3)c2c1. The van der Waals surface area contributed by atoms with Crippen LogP contribution in [0.1, 0.15) is 23.1 Å². The number of esters is 1. The van der Waals surface area contributed by atoms with Crippen molar-refractivity contribution < 1.29 is 9.53 Å². The van der Waals surface area contributed by atoms with E-state index in [9.17, 15) is 4.79 Å². The van der Waals surface area contributed by atoms with Crippen LogP contribution < -0.4 is 0 Å². The van der Waals surface area contributed by atoms with E-state index in [0.29, 0.717) is 12.8 Å². The molecule has 0 fully saturated rings. The second-order valence-corrected chi connectivity index (χ2v) is 6.66. The zero-order valence-electron chi connectivity index (χ0n) is 15.2. The minimum Gasteiger partial charge on any atom is -0.461 e. The minimum absolute atomic E-state index is 0.185. The first-order valence-electron chi connectivity index (χ1n) is 8.98. The normalized spacial score (nSPS) is 11.0. The summed E-state index contributed by atoms with van der Waals surface area (Å²) in [7, 11) is 0. The number of carbonyl (C=O) groups is 1. The molecule has 1 N–H and O–H groups in total. The Balaban J connectivity index is 1.31. The Bertz CT molecular complexity index is 1050. The summed E-state index contributed by atoms with van der Waals surface area (Å²) in [5.74, 6) is -0.185. The molecule has 0 saturated carbocycles. The van der Waals surface area contributed by atoms with Gasteiger partial charge in [-0.3, -0.25) is 4.79 Å². The summed E-state index contributed by atoms with van der Waals surface area (Å²) in [6.07, 6.45) is 8.40. The van der Waals surface area contributed by atoms with Gasteiger partial charge in [0, 0.05) is 41.6 Å². The number of fused-ring (bicyclic) bond motifs is 1. The van der Waals surface area contributed by atoms with E-state index in [0.717, 1.165) is 22.3 Å². The molecule has 136 valence electrons. The van der Waals surface area contributed by atoms with Gasteiger partial charge in [-0.25, -0.2) is 4.98 Å². The summed E-state index contributed by atoms with van der Waals surface area (Å²) < 4.78 is 7.35. The second-order valence-electron chi connectivity index (χ2n) is 6.66. The monoisotopic (exact) mass is 359 g/mol. The van der Waals surface area contributed by atoms with Gasteiger partial charge < -0.3 is 14.3 Å². The number of ether oxygens (including phenoxy) is 1. The molecular formula is C22H21N3O2. The molecule has 2 aromatic heterocycles. The molecule has 0 atom stereocenters. The number of hydrogen-bond donors (Lipinski definition) is 1. The molecule has 0 unspecified atom stereocenters. The molecule has 0 aliphatic carbocycles. The first-order chi connectivity index (χ1) is 13.2. The van der Waals surface area contributed by atoms with Crippen molar-refractivity contribution in [2.45, 2.75) is 26.4 Å². The maximum Gasteiger partial charge on any atom is 0.306 e. The largest absolute Gasteiger partial charge is 0.461 e. The lowest BCUT2D eigenvalue weighted by molar-refractivity contribution is -0.144. The molecule has 0 spiro atoms. The van der Waals surface area contributed by atoms with Gasteiger partial charge in [0.1, 0.15) is 6.61 Å². The molecule has 4 rings (SSSR count). The zero-order chi connectivity index (χ0) is 18.6. The number of nitrogens with one attached hydrogen (secondary N) is 1. The van der Waals surface area contributed by atoms with E-state index in [-0.39, 0.29) is 12.6 Å². The van der Waals surface area contributed by atoms with Crippen LogP contribution in [0.3, 0.4) is 0 Å². The Morgan fingerprint density at radius 1 is 1.19 bits per heavy atom. The summed E-state index contributed by atoms with van der Waals surface area (Å²) in [6.45, 7) is 2.36. The van der Waals surface area contributed by atoms with E-state index in [1.54, 1.807) is 12.5 Å². The number of aromatic nitrogens is 3. The average Bonchev–Trinajstić information content (AvgIpc) is 3.35. The summed E-state index contributed by atoms with van der Waals surface area (Å²) in [4.78, 5) is 19.4. The van der Waals surface area contributed by atoms with E-state index >= 15 is 0 Å². The number of hydrogen-bond acceptors (Lipinski definition) is 3. The smallest absolute Gasteiger partial charge is 0.306 e. The van der Waals surface area contributed by atoms with Crippen molar-refractivity contribution in [3.05, 3.63) is 84.1 Å². The Hall–Kier alpha value is -3.34. The number of rotatable bonds is 6. The van der Waals surface area contributed by atoms with Gasteiger partial charge in [0.15, 0.2) is 0 Å². The van der Waals surface area contributed by atoms with E-state index in [1.165, 1.54) is 10.9 Å². The highest BCUT2D eigenvalue weighted by Crippen LogP contribution is 2.21. The fourth-order valence-electron chi connectivity index (χ4n) is 3.15. The molecule has 2 heterocycles. The van der Waals surface area contributed by atoms with Gasteiger partial charge in [-0.15, -0.1) is 0 Å². The minimum atomic E-state index is -0.185. The Kier molecular flexibility index (Phi) is 4.75. The van der Waals surface area contributed by atoms with Crippen LogP contribution in [-0.2, 0) is 22.6 Å². The van der Waals surface area contributed by atoms with Crippen LogP contribution in [0.4, 0.5) is 0 Å². The van der Waals surface area contributed by atoms with Gasteiger partial charge in [0.25, 0.3) is 0 Å². The van der Waals surface area contributed by atoms with Crippen molar-refractivity contribution in [3.8, 4) is 5.69 Å². The van der Waals surface area contributed by atoms with Crippen LogP contribution in [0.2, 0.25) is 0 Å². The number of aromatic amines is 1. The third-order valence-electron chi connectivity index (χ3n) is 4.66. The number of benzene rings is 2. The lowest BCUT2D eigenvalue weighted by Gasteiger charge is -2.07. The molecule has 5 heteroatoms. The number of H-pyrrole nitrogens is 1. The molecule has 0 bridgehead atoms. The highest BCUT2D eigenvalue weighted by atomic mass is 16.5. The molecule has 0 aliphatic heterocycles. The summed E-state index contributed by atoms with van der Waals surface area (Å²) in [6, 6.07) is 14.2. The standard InChI is InChI=1S/C22H21N3O2/c1-16-2-8-21-20(12-16)18(13-24-21)5-9-22(26)27-14-17-3-6-19(7-4-17)25-11-10-23-15-25/h2-4,6-8,10-13,15,24H,5,9,14H2,1H3. The van der Waals surface area contributed by atoms with Crippen LogP contribution in [-0.4, -0.2) is 20.5 Å². The van der Waals surface area contributed by atoms with E-state index in [2.05, 4.69) is 35.1 Å². The fraction of sp³-hybridized carbons (Fsp3) is 0.182. The van der Waals surface area contributed by atoms with Crippen LogP contribution in [0, 0.1) is 6.92 Å². The first-order valence-corrected chi connectivity index (χ1v) is 8.98. The van der Waals surface area contributed by atoms with E-state index in [4.69, 9.17) is 4.74 Å². The van der Waals surface area contributed by atoms with Crippen molar-refractivity contribution >= 4 is 16.9 Å². The predicted octanol–water partition coefficient (Wildman–Crippen LogP) is 4.34. The van der Waals surface area contributed by atoms with Crippen LogP contribution in [0.5, 0.6) is 0 Å². The Morgan fingerprint density at radius 2 is 2.04 bits per heavy atom. The van der Waals surface area contributed by atoms with Crippen molar-refractivity contribution in [2.24, 2.45) is 0 Å². The average molecular weight is 359 g/mol. The highest BCUT2D eigenvalue weighted by Gasteiger charge is 2.09. The van der Waals surface area contributed by atoms with Gasteiger partial charge in [-0.05, 0) is 48.7 Å². The van der Waals surface area contributed by atoms with Gasteiger partial charge in [-0.2, -0.15) is 0 Å². The van der Waals surface area contributed by atoms with Gasteiger partial charge in [0.05, 0.1) is 6.33 Å². The molecule has 0 saturated heterocycles. The molecule has 0 amide bonds. The highest BCUT2D eigenvalue weighted by molar-refractivity contribution is 5.84. The van der Waals surface area contributed by atoms with Gasteiger partial charge in [-0.1, -0.05) is 23.8 Å². The Morgan fingerprint density at radius 3 is 2.81 bits per heavy atom. The lowest BCUT2D eigenvalue weighted by Crippen LogP contribution is -2.06. The van der Waals surface area contributed by atoms with E-state index in [1.807, 2.05) is 41.2 Å². The third-order valence-corrected chi connectivity index (χ3v) is 4.66. The van der Waals surface area contributed by atoms with Gasteiger partial charge >= 0.3 is 5.97 Å². The lowest BCUT2D eigenvalue weighted by atomic mass is 10.1. The molecule has 0 radical (unpaired) electrons. The molecule has 5 nitrogen and oxygen atoms in total. The number of carbonyl (C=O) groups excluding carboxylic acids is 1. The topological polar surface area (TPSA) is 59.9 Å². The fourth-order valence-corrected chi connectivity index (χ4v) is 3.15. The summed E-state index contributed by atoms with van der Waals surface area (Å²) in [5, 5.41) is 1.18. The summed E-state index contributed by atoms with van der Waals surface area (Å²) >= 11 is 0. The van der Waals surface area contributed by atoms with Crippen LogP contribution in [0.25, 0.3) is 16.6 Å². The van der Waals surface area contributed by atoms with Crippen molar-refractivity contribution in [1.82, 2.24) is 14.5 Å². The maximum absolute atomic E-state index is 12.1. The number of imidazole rings is 1. The Labute approximate surface area is 157 Å². The molecule has 4 aromatic rings. The van der Waals surface area contributed by atoms with Crippen molar-refractivity contribution in [2.75, 3.05) is 0 Å². The van der Waals surface area contributed by atoms with Crippen LogP contribution >= 0.6 is 0 Å². The number of aryl methyl sites for hydroxylation is 2. The predicted molar refractivity (Wildman–Crippen MR) is 105 cm³/mol. The first kappa shape index (κ1) is 17.1. The molecule has 27 heavy (non-hydrogen) atoms. The summed E-state index contributed by atoms with van der Waals surface area (Å²) in [5.41, 5.74) is 5.45. The molecular weight excluding hydrogens is 338 g/mol. The maximum atomic E-state index is 12.1. The second kappa shape index (κ2) is 7.50. The molecule has 0 aliphatic rings. The third kappa shape index (κ3) is 3.92. The van der Waals surface area contributed by atoms with Crippen molar-refractivity contribution in [3.63, 3.8) is 0 Å². The van der Waals surface area contributed by atoms with E-state index < -0.39 is 0 Å². The zero-order valence-corrected chi connectivity index (χ0v) is 15.2. The quantitative estimate of drug-likeness (QED) is 0.521.